The molecule has 1 atom stereocenters. The first kappa shape index (κ1) is 19.9. The molecule has 1 unspecified atom stereocenters. The molecule has 0 heterocycles. The van der Waals surface area contributed by atoms with Gasteiger partial charge in [0.25, 0.3) is 5.91 Å². The Morgan fingerprint density at radius 3 is 2.54 bits per heavy atom. The molecule has 26 heavy (non-hydrogen) atoms. The van der Waals surface area contributed by atoms with Crippen molar-refractivity contribution in [3.63, 3.8) is 0 Å². The lowest BCUT2D eigenvalue weighted by molar-refractivity contribution is -0.127. The fraction of sp³-hybridized carbons (Fsp3) is 0.350. The molecule has 2 aromatic rings. The van der Waals surface area contributed by atoms with Crippen molar-refractivity contribution in [3.8, 4) is 17.2 Å². The third kappa shape index (κ3) is 5.85. The standard InChI is InChI=1S/C20H24ClNO4/c1-4-11-25-18-10-5-15(12-19(18)24-3)13-22-20(23)14(2)26-17-8-6-16(21)7-9-17/h5-10,12,14H,4,11,13H2,1-3H3,(H,22,23). The van der Waals surface area contributed by atoms with Crippen molar-refractivity contribution in [2.24, 2.45) is 0 Å². The van der Waals surface area contributed by atoms with Crippen LogP contribution in [0.1, 0.15) is 25.8 Å². The van der Waals surface area contributed by atoms with Gasteiger partial charge in [0.2, 0.25) is 0 Å². The molecule has 0 saturated carbocycles. The van der Waals surface area contributed by atoms with Gasteiger partial charge in [0.1, 0.15) is 5.75 Å². The third-order valence-corrected chi connectivity index (χ3v) is 3.90. The first-order chi connectivity index (χ1) is 12.5. The summed E-state index contributed by atoms with van der Waals surface area (Å²) in [7, 11) is 1.60. The number of carbonyl (C=O) groups excluding carboxylic acids is 1. The molecule has 2 aromatic carbocycles. The average Bonchev–Trinajstić information content (AvgIpc) is 2.66. The minimum absolute atomic E-state index is 0.203. The smallest absolute Gasteiger partial charge is 0.261 e. The van der Waals surface area contributed by atoms with Gasteiger partial charge in [0.05, 0.1) is 13.7 Å². The molecule has 140 valence electrons. The quantitative estimate of drug-likeness (QED) is 0.710. The minimum atomic E-state index is -0.620. The highest BCUT2D eigenvalue weighted by molar-refractivity contribution is 6.30. The van der Waals surface area contributed by atoms with Crippen LogP contribution in [0.4, 0.5) is 0 Å². The number of rotatable bonds is 9. The second-order valence-electron chi connectivity index (χ2n) is 5.77. The molecule has 0 fully saturated rings. The Morgan fingerprint density at radius 2 is 1.88 bits per heavy atom. The van der Waals surface area contributed by atoms with Crippen molar-refractivity contribution < 1.29 is 19.0 Å². The Bertz CT molecular complexity index is 718. The van der Waals surface area contributed by atoms with Gasteiger partial charge in [0, 0.05) is 11.6 Å². The average molecular weight is 378 g/mol. The third-order valence-electron chi connectivity index (χ3n) is 3.65. The summed E-state index contributed by atoms with van der Waals surface area (Å²) >= 11 is 5.84. The number of carbonyl (C=O) groups is 1. The van der Waals surface area contributed by atoms with Gasteiger partial charge in [-0.1, -0.05) is 24.6 Å². The number of ether oxygens (including phenoxy) is 3. The van der Waals surface area contributed by atoms with E-state index in [4.69, 9.17) is 25.8 Å². The molecular weight excluding hydrogens is 354 g/mol. The van der Waals surface area contributed by atoms with E-state index in [1.807, 2.05) is 25.1 Å². The molecular formula is C20H24ClNO4. The predicted molar refractivity (Wildman–Crippen MR) is 102 cm³/mol. The van der Waals surface area contributed by atoms with Gasteiger partial charge in [-0.05, 0) is 55.3 Å². The Kier molecular flexibility index (Phi) is 7.60. The van der Waals surface area contributed by atoms with Gasteiger partial charge in [0.15, 0.2) is 17.6 Å². The van der Waals surface area contributed by atoms with Crippen LogP contribution in [0.15, 0.2) is 42.5 Å². The fourth-order valence-electron chi connectivity index (χ4n) is 2.26. The number of methoxy groups -OCH3 is 1. The predicted octanol–water partition coefficient (Wildman–Crippen LogP) is 4.22. The molecule has 0 radical (unpaired) electrons. The molecule has 5 nitrogen and oxygen atoms in total. The highest BCUT2D eigenvalue weighted by atomic mass is 35.5. The summed E-state index contributed by atoms with van der Waals surface area (Å²) in [6.07, 6.45) is 0.303. The second kappa shape index (κ2) is 9.92. The summed E-state index contributed by atoms with van der Waals surface area (Å²) in [5.74, 6) is 1.74. The van der Waals surface area contributed by atoms with Crippen LogP contribution in [0.3, 0.4) is 0 Å². The molecule has 0 aliphatic rings. The molecule has 1 amide bonds. The van der Waals surface area contributed by atoms with Crippen molar-refractivity contribution in [2.45, 2.75) is 32.9 Å². The van der Waals surface area contributed by atoms with Gasteiger partial charge >= 0.3 is 0 Å². The zero-order valence-corrected chi connectivity index (χ0v) is 16.0. The molecule has 0 aromatic heterocycles. The van der Waals surface area contributed by atoms with E-state index in [1.165, 1.54) is 0 Å². The number of hydrogen-bond acceptors (Lipinski definition) is 4. The summed E-state index contributed by atoms with van der Waals surface area (Å²) in [6.45, 7) is 4.75. The van der Waals surface area contributed by atoms with Crippen LogP contribution in [0.5, 0.6) is 17.2 Å². The molecule has 0 spiro atoms. The van der Waals surface area contributed by atoms with Gasteiger partial charge in [-0.2, -0.15) is 0 Å². The molecule has 0 aliphatic heterocycles. The molecule has 0 aliphatic carbocycles. The van der Waals surface area contributed by atoms with E-state index in [2.05, 4.69) is 5.32 Å². The minimum Gasteiger partial charge on any atom is -0.493 e. The monoisotopic (exact) mass is 377 g/mol. The normalized spacial score (nSPS) is 11.5. The van der Waals surface area contributed by atoms with Gasteiger partial charge in [-0.15, -0.1) is 0 Å². The lowest BCUT2D eigenvalue weighted by Gasteiger charge is -2.15. The van der Waals surface area contributed by atoms with Gasteiger partial charge < -0.3 is 19.5 Å². The van der Waals surface area contributed by atoms with E-state index in [9.17, 15) is 4.79 Å². The lowest BCUT2D eigenvalue weighted by atomic mass is 10.2. The number of halogens is 1. The van der Waals surface area contributed by atoms with Crippen molar-refractivity contribution in [2.75, 3.05) is 13.7 Å². The Hall–Kier alpha value is -2.40. The summed E-state index contributed by atoms with van der Waals surface area (Å²) in [5.41, 5.74) is 0.915. The van der Waals surface area contributed by atoms with E-state index in [0.29, 0.717) is 35.4 Å². The first-order valence-corrected chi connectivity index (χ1v) is 8.91. The lowest BCUT2D eigenvalue weighted by Crippen LogP contribution is -2.35. The van der Waals surface area contributed by atoms with E-state index in [0.717, 1.165) is 12.0 Å². The summed E-state index contributed by atoms with van der Waals surface area (Å²) in [4.78, 5) is 12.2. The number of nitrogens with one attached hydrogen (secondary N) is 1. The van der Waals surface area contributed by atoms with Crippen molar-refractivity contribution in [1.82, 2.24) is 5.32 Å². The maximum atomic E-state index is 12.2. The summed E-state index contributed by atoms with van der Waals surface area (Å²) < 4.78 is 16.6. The van der Waals surface area contributed by atoms with Crippen LogP contribution in [0.25, 0.3) is 0 Å². The molecule has 0 bridgehead atoms. The second-order valence-corrected chi connectivity index (χ2v) is 6.20. The van der Waals surface area contributed by atoms with E-state index < -0.39 is 6.10 Å². The van der Waals surface area contributed by atoms with Crippen LogP contribution in [-0.4, -0.2) is 25.7 Å². The molecule has 2 rings (SSSR count). The Morgan fingerprint density at radius 1 is 1.15 bits per heavy atom. The van der Waals surface area contributed by atoms with Crippen LogP contribution < -0.4 is 19.5 Å². The van der Waals surface area contributed by atoms with Crippen molar-refractivity contribution >= 4 is 17.5 Å². The van der Waals surface area contributed by atoms with Crippen molar-refractivity contribution in [1.29, 1.82) is 0 Å². The van der Waals surface area contributed by atoms with Crippen LogP contribution in [-0.2, 0) is 11.3 Å². The zero-order valence-electron chi connectivity index (χ0n) is 15.3. The maximum absolute atomic E-state index is 12.2. The highest BCUT2D eigenvalue weighted by Gasteiger charge is 2.15. The van der Waals surface area contributed by atoms with Crippen LogP contribution >= 0.6 is 11.6 Å². The SMILES string of the molecule is CCCOc1ccc(CNC(=O)C(C)Oc2ccc(Cl)cc2)cc1OC. The Labute approximate surface area is 159 Å². The molecule has 6 heteroatoms. The van der Waals surface area contributed by atoms with Gasteiger partial charge in [-0.3, -0.25) is 4.79 Å². The molecule has 1 N–H and O–H groups in total. The van der Waals surface area contributed by atoms with Crippen LogP contribution in [0, 0.1) is 0 Å². The number of benzene rings is 2. The van der Waals surface area contributed by atoms with E-state index in [-0.39, 0.29) is 5.91 Å². The van der Waals surface area contributed by atoms with Gasteiger partial charge in [-0.25, -0.2) is 0 Å². The Balaban J connectivity index is 1.90. The fourth-order valence-corrected chi connectivity index (χ4v) is 2.38. The largest absolute Gasteiger partial charge is 0.493 e. The number of hydrogen-bond donors (Lipinski definition) is 1. The zero-order chi connectivity index (χ0) is 18.9. The highest BCUT2D eigenvalue weighted by Crippen LogP contribution is 2.28. The van der Waals surface area contributed by atoms with Crippen LogP contribution in [0.2, 0.25) is 5.02 Å². The van der Waals surface area contributed by atoms with Crippen molar-refractivity contribution in [3.05, 3.63) is 53.1 Å². The molecule has 0 saturated heterocycles. The number of amides is 1. The van der Waals surface area contributed by atoms with E-state index in [1.54, 1.807) is 38.3 Å². The summed E-state index contributed by atoms with van der Waals surface area (Å²) in [5, 5.41) is 3.48. The first-order valence-electron chi connectivity index (χ1n) is 8.53. The topological polar surface area (TPSA) is 56.8 Å². The van der Waals surface area contributed by atoms with E-state index >= 15 is 0 Å². The maximum Gasteiger partial charge on any atom is 0.261 e. The summed E-state index contributed by atoms with van der Waals surface area (Å²) in [6, 6.07) is 12.5.